The first-order valence-electron chi connectivity index (χ1n) is 10.4. The monoisotopic (exact) mass is 424 g/mol. The van der Waals surface area contributed by atoms with E-state index in [1.807, 2.05) is 11.8 Å². The average Bonchev–Trinajstić information content (AvgIpc) is 3.00. The summed E-state index contributed by atoms with van der Waals surface area (Å²) >= 11 is 5.99. The van der Waals surface area contributed by atoms with Crippen LogP contribution < -0.4 is 5.32 Å². The highest BCUT2D eigenvalue weighted by molar-refractivity contribution is 6.33. The van der Waals surface area contributed by atoms with Crippen LogP contribution in [-0.2, 0) is 9.59 Å². The molecule has 0 bridgehead atoms. The van der Waals surface area contributed by atoms with Crippen LogP contribution in [0.2, 0.25) is 5.02 Å². The molecule has 0 saturated carbocycles. The van der Waals surface area contributed by atoms with Gasteiger partial charge in [-0.25, -0.2) is 4.39 Å². The minimum atomic E-state index is -0.438. The lowest BCUT2D eigenvalue weighted by molar-refractivity contribution is -0.133. The van der Waals surface area contributed by atoms with Crippen LogP contribution in [0.3, 0.4) is 0 Å². The van der Waals surface area contributed by atoms with Gasteiger partial charge >= 0.3 is 0 Å². The number of likely N-dealkylation sites (tertiary alicyclic amines) is 1. The maximum atomic E-state index is 13.2. The van der Waals surface area contributed by atoms with Crippen molar-refractivity contribution in [1.82, 2.24) is 14.7 Å². The molecule has 2 amide bonds. The Bertz CT molecular complexity index is 717. The molecule has 2 heterocycles. The standard InChI is InChI=1S/C21H30ClFN4O2/c1-16(21(29)24-19-7-6-17(23)14-18(19)22)26-12-10-25(11-13-26)15-20(28)27-8-4-2-3-5-9-27/h6-7,14,16H,2-5,8-13,15H2,1H3,(H,24,29)/t16-/m1/s1. The van der Waals surface area contributed by atoms with Crippen LogP contribution in [-0.4, -0.2) is 78.4 Å². The number of halogens is 2. The molecule has 0 spiro atoms. The van der Waals surface area contributed by atoms with Crippen molar-refractivity contribution in [1.29, 1.82) is 0 Å². The van der Waals surface area contributed by atoms with Crippen molar-refractivity contribution in [3.8, 4) is 0 Å². The van der Waals surface area contributed by atoms with Crippen molar-refractivity contribution < 1.29 is 14.0 Å². The first-order valence-corrected chi connectivity index (χ1v) is 10.8. The summed E-state index contributed by atoms with van der Waals surface area (Å²) in [5.74, 6) is -0.392. The van der Waals surface area contributed by atoms with E-state index in [-0.39, 0.29) is 22.9 Å². The van der Waals surface area contributed by atoms with Gasteiger partial charge in [-0.05, 0) is 38.0 Å². The zero-order valence-electron chi connectivity index (χ0n) is 17.0. The fourth-order valence-electron chi connectivity index (χ4n) is 3.91. The second kappa shape index (κ2) is 10.4. The summed E-state index contributed by atoms with van der Waals surface area (Å²) in [6, 6.07) is 3.59. The number of hydrogen-bond acceptors (Lipinski definition) is 4. The van der Waals surface area contributed by atoms with Gasteiger partial charge < -0.3 is 10.2 Å². The molecule has 1 N–H and O–H groups in total. The third-order valence-corrected chi connectivity index (χ3v) is 6.15. The Morgan fingerprint density at radius 1 is 1.07 bits per heavy atom. The quantitative estimate of drug-likeness (QED) is 0.789. The van der Waals surface area contributed by atoms with Gasteiger partial charge in [0.15, 0.2) is 0 Å². The highest BCUT2D eigenvalue weighted by atomic mass is 35.5. The lowest BCUT2D eigenvalue weighted by atomic mass is 10.2. The summed E-state index contributed by atoms with van der Waals surface area (Å²) in [5.41, 5.74) is 0.409. The second-order valence-corrected chi connectivity index (χ2v) is 8.30. The molecular formula is C21H30ClFN4O2. The molecule has 1 atom stereocenters. The van der Waals surface area contributed by atoms with Crippen molar-refractivity contribution in [2.24, 2.45) is 0 Å². The van der Waals surface area contributed by atoms with Gasteiger partial charge in [0.05, 0.1) is 23.3 Å². The Labute approximate surface area is 177 Å². The fourth-order valence-corrected chi connectivity index (χ4v) is 4.13. The van der Waals surface area contributed by atoms with Gasteiger partial charge in [0.2, 0.25) is 11.8 Å². The van der Waals surface area contributed by atoms with Crippen LogP contribution in [0.25, 0.3) is 0 Å². The molecule has 6 nitrogen and oxygen atoms in total. The van der Waals surface area contributed by atoms with Crippen LogP contribution >= 0.6 is 11.6 Å². The van der Waals surface area contributed by atoms with Crippen LogP contribution in [0.15, 0.2) is 18.2 Å². The van der Waals surface area contributed by atoms with E-state index in [2.05, 4.69) is 15.1 Å². The van der Waals surface area contributed by atoms with Gasteiger partial charge in [-0.3, -0.25) is 19.4 Å². The van der Waals surface area contributed by atoms with Gasteiger partial charge in [-0.15, -0.1) is 0 Å². The molecule has 8 heteroatoms. The van der Waals surface area contributed by atoms with Crippen LogP contribution in [0, 0.1) is 5.82 Å². The predicted octanol–water partition coefficient (Wildman–Crippen LogP) is 2.83. The number of anilines is 1. The number of carbonyl (C=O) groups is 2. The summed E-state index contributed by atoms with van der Waals surface area (Å²) in [6.45, 7) is 7.02. The zero-order chi connectivity index (χ0) is 20.8. The number of piperazine rings is 1. The molecule has 3 rings (SSSR count). The maximum Gasteiger partial charge on any atom is 0.241 e. The minimum Gasteiger partial charge on any atom is -0.342 e. The summed E-state index contributed by atoms with van der Waals surface area (Å²) in [7, 11) is 0. The average molecular weight is 425 g/mol. The van der Waals surface area contributed by atoms with Crippen LogP contribution in [0.4, 0.5) is 10.1 Å². The van der Waals surface area contributed by atoms with Gasteiger partial charge in [0.25, 0.3) is 0 Å². The van der Waals surface area contributed by atoms with E-state index in [1.165, 1.54) is 31.0 Å². The van der Waals surface area contributed by atoms with E-state index in [9.17, 15) is 14.0 Å². The predicted molar refractivity (Wildman–Crippen MR) is 113 cm³/mol. The smallest absolute Gasteiger partial charge is 0.241 e. The topological polar surface area (TPSA) is 55.9 Å². The van der Waals surface area contributed by atoms with Crippen molar-refractivity contribution in [3.63, 3.8) is 0 Å². The molecule has 2 aliphatic rings. The number of nitrogens with one attached hydrogen (secondary N) is 1. The van der Waals surface area contributed by atoms with Crippen molar-refractivity contribution in [3.05, 3.63) is 29.0 Å². The number of benzene rings is 1. The Balaban J connectivity index is 1.45. The molecule has 160 valence electrons. The first kappa shape index (κ1) is 22.0. The number of hydrogen-bond donors (Lipinski definition) is 1. The molecule has 0 radical (unpaired) electrons. The normalized spacial score (nSPS) is 20.2. The third-order valence-electron chi connectivity index (χ3n) is 5.84. The fraction of sp³-hybridized carbons (Fsp3) is 0.619. The zero-order valence-corrected chi connectivity index (χ0v) is 17.8. The number of rotatable bonds is 5. The molecular weight excluding hydrogens is 395 g/mol. The minimum absolute atomic E-state index is 0.174. The van der Waals surface area contributed by atoms with E-state index in [1.54, 1.807) is 0 Å². The molecule has 0 aliphatic carbocycles. The lowest BCUT2D eigenvalue weighted by Crippen LogP contribution is -2.54. The summed E-state index contributed by atoms with van der Waals surface area (Å²) < 4.78 is 13.2. The highest BCUT2D eigenvalue weighted by Gasteiger charge is 2.27. The molecule has 2 fully saturated rings. The Kier molecular flexibility index (Phi) is 7.86. The Morgan fingerprint density at radius 3 is 2.34 bits per heavy atom. The van der Waals surface area contributed by atoms with E-state index >= 15 is 0 Å². The molecule has 1 aromatic carbocycles. The van der Waals surface area contributed by atoms with E-state index in [0.29, 0.717) is 12.2 Å². The lowest BCUT2D eigenvalue weighted by Gasteiger charge is -2.37. The number of nitrogens with zero attached hydrogens (tertiary/aromatic N) is 3. The summed E-state index contributed by atoms with van der Waals surface area (Å²) in [4.78, 5) is 31.4. The number of amides is 2. The SMILES string of the molecule is C[C@H](C(=O)Nc1ccc(F)cc1Cl)N1CCN(CC(=O)N2CCCCCC2)CC1. The first-order chi connectivity index (χ1) is 13.9. The highest BCUT2D eigenvalue weighted by Crippen LogP contribution is 2.23. The molecule has 0 aromatic heterocycles. The van der Waals surface area contributed by atoms with E-state index in [4.69, 9.17) is 11.6 Å². The van der Waals surface area contributed by atoms with E-state index in [0.717, 1.165) is 52.1 Å². The van der Waals surface area contributed by atoms with Crippen molar-refractivity contribution in [2.45, 2.75) is 38.6 Å². The third kappa shape index (κ3) is 6.14. The van der Waals surface area contributed by atoms with Gasteiger partial charge in [-0.2, -0.15) is 0 Å². The van der Waals surface area contributed by atoms with Crippen LogP contribution in [0.5, 0.6) is 0 Å². The molecule has 1 aromatic rings. The summed E-state index contributed by atoms with van der Waals surface area (Å²) in [6.07, 6.45) is 4.63. The van der Waals surface area contributed by atoms with Crippen LogP contribution in [0.1, 0.15) is 32.6 Å². The molecule has 2 aliphatic heterocycles. The maximum absolute atomic E-state index is 13.2. The molecule has 0 unspecified atom stereocenters. The van der Waals surface area contributed by atoms with Gasteiger partial charge in [0.1, 0.15) is 5.82 Å². The Hall–Kier alpha value is -1.70. The Morgan fingerprint density at radius 2 is 1.72 bits per heavy atom. The number of carbonyl (C=O) groups excluding carboxylic acids is 2. The molecule has 29 heavy (non-hydrogen) atoms. The van der Waals surface area contributed by atoms with Crippen molar-refractivity contribution in [2.75, 3.05) is 51.1 Å². The van der Waals surface area contributed by atoms with Gasteiger partial charge in [-0.1, -0.05) is 24.4 Å². The van der Waals surface area contributed by atoms with E-state index < -0.39 is 5.82 Å². The molecule has 2 saturated heterocycles. The largest absolute Gasteiger partial charge is 0.342 e. The second-order valence-electron chi connectivity index (χ2n) is 7.90. The van der Waals surface area contributed by atoms with Crippen molar-refractivity contribution >= 4 is 29.1 Å². The van der Waals surface area contributed by atoms with Gasteiger partial charge in [0, 0.05) is 39.3 Å². The summed E-state index contributed by atoms with van der Waals surface area (Å²) in [5, 5.41) is 2.96.